The van der Waals surface area contributed by atoms with Crippen molar-refractivity contribution < 1.29 is 0 Å². The molecule has 2 aromatic carbocycles. The zero-order valence-electron chi connectivity index (χ0n) is 10.7. The molecule has 0 bridgehead atoms. The molecule has 0 N–H and O–H groups in total. The Morgan fingerprint density at radius 2 is 1.59 bits per heavy atom. The van der Waals surface area contributed by atoms with E-state index in [4.69, 9.17) is 0 Å². The average Bonchev–Trinajstić information content (AvgIpc) is 2.35. The van der Waals surface area contributed by atoms with Crippen LogP contribution < -0.4 is 0 Å². The molecule has 2 rings (SSSR count). The maximum atomic E-state index is 2.20. The molecule has 0 fully saturated rings. The lowest BCUT2D eigenvalue weighted by molar-refractivity contribution is 1.36. The van der Waals surface area contributed by atoms with E-state index in [1.807, 2.05) is 0 Å². The molecule has 0 saturated carbocycles. The minimum absolute atomic E-state index is 1.30. The van der Waals surface area contributed by atoms with Crippen LogP contribution >= 0.6 is 0 Å². The lowest BCUT2D eigenvalue weighted by atomic mass is 9.92. The molecule has 0 aromatic heterocycles. The van der Waals surface area contributed by atoms with Crippen LogP contribution in [0, 0.1) is 13.8 Å². The largest absolute Gasteiger partial charge is 0.0871 e. The van der Waals surface area contributed by atoms with Gasteiger partial charge in [-0.25, -0.2) is 0 Å². The van der Waals surface area contributed by atoms with Gasteiger partial charge >= 0.3 is 0 Å². The van der Waals surface area contributed by atoms with Crippen LogP contribution in [-0.2, 0) is 0 Å². The summed E-state index contributed by atoms with van der Waals surface area (Å²) in [5.74, 6) is 0. The summed E-state index contributed by atoms with van der Waals surface area (Å²) in [5, 5.41) is 0. The number of rotatable bonds is 2. The number of benzene rings is 2. The molecule has 17 heavy (non-hydrogen) atoms. The maximum Gasteiger partial charge on any atom is -0.0119 e. The molecule has 0 aliphatic carbocycles. The Hall–Kier alpha value is -1.82. The van der Waals surface area contributed by atoms with Crippen LogP contribution in [0.2, 0.25) is 0 Å². The number of aryl methyl sites for hydroxylation is 1. The highest BCUT2D eigenvalue weighted by molar-refractivity contribution is 5.75. The summed E-state index contributed by atoms with van der Waals surface area (Å²) in [6.07, 6.45) is 4.26. The first-order valence-electron chi connectivity index (χ1n) is 6.02. The van der Waals surface area contributed by atoms with Gasteiger partial charge in [-0.3, -0.25) is 0 Å². The van der Waals surface area contributed by atoms with Crippen molar-refractivity contribution in [2.75, 3.05) is 0 Å². The zero-order valence-corrected chi connectivity index (χ0v) is 10.7. The summed E-state index contributed by atoms with van der Waals surface area (Å²) < 4.78 is 0. The molecule has 0 aliphatic heterocycles. The Balaban J connectivity index is 2.65. The fourth-order valence-corrected chi connectivity index (χ4v) is 2.27. The first-order chi connectivity index (χ1) is 8.24. The van der Waals surface area contributed by atoms with Gasteiger partial charge in [0.1, 0.15) is 0 Å². The monoisotopic (exact) mass is 222 g/mol. The third-order valence-electron chi connectivity index (χ3n) is 3.12. The summed E-state index contributed by atoms with van der Waals surface area (Å²) >= 11 is 0. The molecule has 0 spiro atoms. The minimum atomic E-state index is 1.30. The SMILES string of the molecule is CC=Cc1ccc(C)c(-c2ccccc2)c1C. The molecule has 0 atom stereocenters. The minimum Gasteiger partial charge on any atom is -0.0871 e. The number of allylic oxidation sites excluding steroid dienone is 1. The van der Waals surface area contributed by atoms with Crippen molar-refractivity contribution in [3.8, 4) is 11.1 Å². The lowest BCUT2D eigenvalue weighted by Gasteiger charge is -2.12. The van der Waals surface area contributed by atoms with E-state index >= 15 is 0 Å². The van der Waals surface area contributed by atoms with Gasteiger partial charge in [-0.05, 0) is 48.6 Å². The van der Waals surface area contributed by atoms with E-state index < -0.39 is 0 Å². The summed E-state index contributed by atoms with van der Waals surface area (Å²) in [5.41, 5.74) is 6.66. The van der Waals surface area contributed by atoms with Crippen molar-refractivity contribution in [3.63, 3.8) is 0 Å². The van der Waals surface area contributed by atoms with E-state index in [2.05, 4.69) is 75.4 Å². The molecular formula is C17H18. The molecule has 0 amide bonds. The van der Waals surface area contributed by atoms with Crippen LogP contribution in [0.3, 0.4) is 0 Å². The fourth-order valence-electron chi connectivity index (χ4n) is 2.27. The van der Waals surface area contributed by atoms with Crippen LogP contribution in [0.1, 0.15) is 23.6 Å². The first-order valence-corrected chi connectivity index (χ1v) is 6.02. The van der Waals surface area contributed by atoms with Crippen molar-refractivity contribution >= 4 is 6.08 Å². The second-order valence-corrected chi connectivity index (χ2v) is 4.34. The standard InChI is InChI=1S/C17H18/c1-4-8-15-12-11-13(2)17(14(15)3)16-9-6-5-7-10-16/h4-12H,1-3H3. The van der Waals surface area contributed by atoms with Crippen molar-refractivity contribution in [2.45, 2.75) is 20.8 Å². The highest BCUT2D eigenvalue weighted by atomic mass is 14.1. The first kappa shape index (κ1) is 11.7. The zero-order chi connectivity index (χ0) is 12.3. The second kappa shape index (κ2) is 5.01. The fraction of sp³-hybridized carbons (Fsp3) is 0.176. The normalized spacial score (nSPS) is 11.0. The van der Waals surface area contributed by atoms with E-state index in [0.29, 0.717) is 0 Å². The summed E-state index contributed by atoms with van der Waals surface area (Å²) in [6.45, 7) is 6.43. The molecule has 0 nitrogen and oxygen atoms in total. The third kappa shape index (κ3) is 2.31. The number of hydrogen-bond acceptors (Lipinski definition) is 0. The molecule has 2 aromatic rings. The predicted molar refractivity (Wildman–Crippen MR) is 76.1 cm³/mol. The van der Waals surface area contributed by atoms with E-state index in [9.17, 15) is 0 Å². The quantitative estimate of drug-likeness (QED) is 0.670. The predicted octanol–water partition coefficient (Wildman–Crippen LogP) is 5.00. The summed E-state index contributed by atoms with van der Waals surface area (Å²) in [7, 11) is 0. The highest BCUT2D eigenvalue weighted by Gasteiger charge is 2.07. The van der Waals surface area contributed by atoms with Crippen molar-refractivity contribution in [2.24, 2.45) is 0 Å². The van der Waals surface area contributed by atoms with Crippen LogP contribution in [0.15, 0.2) is 48.5 Å². The highest BCUT2D eigenvalue weighted by Crippen LogP contribution is 2.29. The molecule has 86 valence electrons. The van der Waals surface area contributed by atoms with Crippen molar-refractivity contribution in [3.05, 3.63) is 65.2 Å². The molecule has 0 saturated heterocycles. The van der Waals surface area contributed by atoms with E-state index in [1.54, 1.807) is 0 Å². The van der Waals surface area contributed by atoms with Gasteiger partial charge < -0.3 is 0 Å². The Labute approximate surface area is 104 Å². The Morgan fingerprint density at radius 3 is 2.24 bits per heavy atom. The molecule has 0 aliphatic rings. The van der Waals surface area contributed by atoms with Gasteiger partial charge in [-0.2, -0.15) is 0 Å². The van der Waals surface area contributed by atoms with E-state index in [-0.39, 0.29) is 0 Å². The van der Waals surface area contributed by atoms with Gasteiger partial charge in [0.25, 0.3) is 0 Å². The molecule has 0 radical (unpaired) electrons. The van der Waals surface area contributed by atoms with Crippen LogP contribution in [0.25, 0.3) is 17.2 Å². The average molecular weight is 222 g/mol. The van der Waals surface area contributed by atoms with Crippen LogP contribution in [0.4, 0.5) is 0 Å². The second-order valence-electron chi connectivity index (χ2n) is 4.34. The van der Waals surface area contributed by atoms with Gasteiger partial charge in [0, 0.05) is 0 Å². The summed E-state index contributed by atoms with van der Waals surface area (Å²) in [6, 6.07) is 15.0. The lowest BCUT2D eigenvalue weighted by Crippen LogP contribution is -1.91. The van der Waals surface area contributed by atoms with Crippen LogP contribution in [0.5, 0.6) is 0 Å². The molecule has 0 heterocycles. The van der Waals surface area contributed by atoms with Gasteiger partial charge in [0.15, 0.2) is 0 Å². The number of hydrogen-bond donors (Lipinski definition) is 0. The third-order valence-corrected chi connectivity index (χ3v) is 3.12. The van der Waals surface area contributed by atoms with Gasteiger partial charge in [-0.15, -0.1) is 0 Å². The maximum absolute atomic E-state index is 2.20. The molecule has 0 unspecified atom stereocenters. The van der Waals surface area contributed by atoms with Crippen LogP contribution in [-0.4, -0.2) is 0 Å². The van der Waals surface area contributed by atoms with E-state index in [0.717, 1.165) is 0 Å². The van der Waals surface area contributed by atoms with Gasteiger partial charge in [-0.1, -0.05) is 54.6 Å². The van der Waals surface area contributed by atoms with Gasteiger partial charge in [0.05, 0.1) is 0 Å². The summed E-state index contributed by atoms with van der Waals surface area (Å²) in [4.78, 5) is 0. The molecule has 0 heteroatoms. The smallest absolute Gasteiger partial charge is 0.0119 e. The Morgan fingerprint density at radius 1 is 0.882 bits per heavy atom. The van der Waals surface area contributed by atoms with Gasteiger partial charge in [0.2, 0.25) is 0 Å². The molecular weight excluding hydrogens is 204 g/mol. The van der Waals surface area contributed by atoms with Crippen molar-refractivity contribution in [1.82, 2.24) is 0 Å². The van der Waals surface area contributed by atoms with E-state index in [1.165, 1.54) is 27.8 Å². The Kier molecular flexibility index (Phi) is 3.43. The van der Waals surface area contributed by atoms with Crippen molar-refractivity contribution in [1.29, 1.82) is 0 Å². The Bertz CT molecular complexity index is 533. The topological polar surface area (TPSA) is 0 Å².